The molecule has 0 bridgehead atoms. The lowest BCUT2D eigenvalue weighted by Crippen LogP contribution is -2.10. The molecule has 1 unspecified atom stereocenters. The van der Waals surface area contributed by atoms with Gasteiger partial charge >= 0.3 is 13.6 Å². The van der Waals surface area contributed by atoms with Gasteiger partial charge in [0.2, 0.25) is 0 Å². The molecule has 0 aliphatic rings. The van der Waals surface area contributed by atoms with Gasteiger partial charge in [0.25, 0.3) is 0 Å². The summed E-state index contributed by atoms with van der Waals surface area (Å²) in [5, 5.41) is 8.46. The lowest BCUT2D eigenvalue weighted by Gasteiger charge is -2.23. The molecule has 0 radical (unpaired) electrons. The Kier molecular flexibility index (Phi) is 5.97. The van der Waals surface area contributed by atoms with E-state index in [1.54, 1.807) is 0 Å². The van der Waals surface area contributed by atoms with Crippen molar-refractivity contribution in [2.75, 3.05) is 24.6 Å². The molecule has 0 aromatic carbocycles. The normalized spacial score (nSPS) is 16.0. The van der Waals surface area contributed by atoms with Crippen LogP contribution in [-0.4, -0.2) is 40.6 Å². The number of rotatable bonds is 7. The monoisotopic (exact) mass is 257 g/mol. The molecule has 15 heavy (non-hydrogen) atoms. The van der Waals surface area contributed by atoms with Crippen molar-refractivity contribution in [2.24, 2.45) is 0 Å². The van der Waals surface area contributed by atoms with Crippen molar-refractivity contribution in [3.8, 4) is 0 Å². The summed E-state index contributed by atoms with van der Waals surface area (Å²) in [5.74, 6) is -1.30. The highest BCUT2D eigenvalue weighted by Crippen LogP contribution is 2.68. The van der Waals surface area contributed by atoms with Gasteiger partial charge in [0.15, 0.2) is 13.7 Å². The Morgan fingerprint density at radius 1 is 1.27 bits per heavy atom. The van der Waals surface area contributed by atoms with Gasteiger partial charge in [-0.25, -0.2) is 0 Å². The standard InChI is InChI=1S/C8H18O5P2/c1-4-14(5-2,6-3)13-15(11,12)7-8(9)10/h4-7H2,1-3H3,(H-,9,10,11,12)/p+1. The van der Waals surface area contributed by atoms with E-state index in [2.05, 4.69) is 0 Å². The molecule has 0 aromatic rings. The van der Waals surface area contributed by atoms with Crippen LogP contribution in [0.2, 0.25) is 0 Å². The van der Waals surface area contributed by atoms with Gasteiger partial charge in [0.05, 0.1) is 18.5 Å². The maximum Gasteiger partial charge on any atom is 0.372 e. The maximum atomic E-state index is 11.5. The van der Waals surface area contributed by atoms with Gasteiger partial charge < -0.3 is 10.00 Å². The highest BCUT2D eigenvalue weighted by Gasteiger charge is 2.42. The van der Waals surface area contributed by atoms with E-state index in [9.17, 15) is 14.3 Å². The number of carboxylic acids is 1. The average molecular weight is 257 g/mol. The zero-order chi connectivity index (χ0) is 12.1. The van der Waals surface area contributed by atoms with Gasteiger partial charge in [-0.1, -0.05) is 0 Å². The first-order valence-corrected chi connectivity index (χ1v) is 8.94. The second kappa shape index (κ2) is 5.95. The summed E-state index contributed by atoms with van der Waals surface area (Å²) in [5.41, 5.74) is 0. The summed E-state index contributed by atoms with van der Waals surface area (Å²) in [6.45, 7) is 5.71. The zero-order valence-corrected chi connectivity index (χ0v) is 11.1. The summed E-state index contributed by atoms with van der Waals surface area (Å²) in [6, 6.07) is 0. The van der Waals surface area contributed by atoms with E-state index in [4.69, 9.17) is 9.42 Å². The molecular weight excluding hydrogens is 238 g/mol. The predicted molar refractivity (Wildman–Crippen MR) is 62.0 cm³/mol. The second-order valence-corrected chi connectivity index (χ2v) is 9.54. The van der Waals surface area contributed by atoms with E-state index in [-0.39, 0.29) is 0 Å². The van der Waals surface area contributed by atoms with Gasteiger partial charge in [-0.15, -0.1) is 0 Å². The molecule has 5 nitrogen and oxygen atoms in total. The number of aliphatic carboxylic acids is 1. The molecule has 0 aliphatic heterocycles. The minimum absolute atomic E-state index is 0.699. The van der Waals surface area contributed by atoms with Crippen LogP contribution in [-0.2, 0) is 13.7 Å². The predicted octanol–water partition coefficient (Wildman–Crippen LogP) is 2.27. The highest BCUT2D eigenvalue weighted by atomic mass is 31.3. The van der Waals surface area contributed by atoms with E-state index in [0.717, 1.165) is 0 Å². The van der Waals surface area contributed by atoms with Gasteiger partial charge in [-0.2, -0.15) is 4.31 Å². The third-order valence-corrected chi connectivity index (χ3v) is 8.90. The minimum Gasteiger partial charge on any atom is -0.481 e. The lowest BCUT2D eigenvalue weighted by atomic mass is 10.8. The molecule has 0 spiro atoms. The van der Waals surface area contributed by atoms with Crippen molar-refractivity contribution < 1.29 is 23.7 Å². The Morgan fingerprint density at radius 3 is 1.93 bits per heavy atom. The Bertz CT molecular complexity index is 253. The number of hydrogen-bond acceptors (Lipinski definition) is 3. The molecular formula is C8H19O5P2+. The third-order valence-electron chi connectivity index (χ3n) is 2.36. The molecule has 0 saturated heterocycles. The molecule has 7 heteroatoms. The van der Waals surface area contributed by atoms with E-state index >= 15 is 0 Å². The van der Waals surface area contributed by atoms with Gasteiger partial charge in [-0.3, -0.25) is 9.36 Å². The molecule has 0 fully saturated rings. The molecule has 90 valence electrons. The first kappa shape index (κ1) is 15.0. The molecule has 0 rings (SSSR count). The molecule has 1 atom stereocenters. The van der Waals surface area contributed by atoms with Crippen molar-refractivity contribution >= 4 is 21.1 Å². The van der Waals surface area contributed by atoms with Crippen LogP contribution in [0.15, 0.2) is 0 Å². The van der Waals surface area contributed by atoms with E-state index in [1.807, 2.05) is 20.8 Å². The largest absolute Gasteiger partial charge is 0.481 e. The summed E-state index contributed by atoms with van der Waals surface area (Å²) < 4.78 is 16.7. The SMILES string of the molecule is CC[P+](CC)(CC)OP(=O)(O)CC(=O)O. The molecule has 0 amide bonds. The van der Waals surface area contributed by atoms with Crippen LogP contribution in [0.3, 0.4) is 0 Å². The first-order chi connectivity index (χ1) is 6.81. The van der Waals surface area contributed by atoms with Crippen LogP contribution in [0.4, 0.5) is 0 Å². The fraction of sp³-hybridized carbons (Fsp3) is 0.875. The molecule has 0 aliphatic carbocycles. The summed E-state index contributed by atoms with van der Waals surface area (Å²) >= 11 is 0. The molecule has 0 aromatic heterocycles. The van der Waals surface area contributed by atoms with Crippen LogP contribution in [0, 0.1) is 0 Å². The van der Waals surface area contributed by atoms with Crippen molar-refractivity contribution in [3.63, 3.8) is 0 Å². The fourth-order valence-corrected chi connectivity index (χ4v) is 6.78. The Labute approximate surface area is 90.8 Å². The number of hydrogen-bond donors (Lipinski definition) is 2. The van der Waals surface area contributed by atoms with Crippen LogP contribution in [0.1, 0.15) is 20.8 Å². The summed E-state index contributed by atoms with van der Waals surface area (Å²) in [7, 11) is -5.86. The number of carboxylic acid groups (broad SMARTS) is 1. The van der Waals surface area contributed by atoms with Gasteiger partial charge in [0, 0.05) is 0 Å². The smallest absolute Gasteiger partial charge is 0.372 e. The fourth-order valence-electron chi connectivity index (χ4n) is 1.31. The minimum atomic E-state index is -3.97. The maximum absolute atomic E-state index is 11.5. The van der Waals surface area contributed by atoms with Crippen LogP contribution >= 0.6 is 15.1 Å². The van der Waals surface area contributed by atoms with Crippen molar-refractivity contribution in [2.45, 2.75) is 20.8 Å². The molecule has 0 saturated carbocycles. The quantitative estimate of drug-likeness (QED) is 0.683. The molecule has 2 N–H and O–H groups in total. The van der Waals surface area contributed by atoms with Crippen LogP contribution in [0.5, 0.6) is 0 Å². The van der Waals surface area contributed by atoms with Gasteiger partial charge in [0.1, 0.15) is 0 Å². The topological polar surface area (TPSA) is 83.8 Å². The van der Waals surface area contributed by atoms with Gasteiger partial charge in [-0.05, 0) is 20.8 Å². The average Bonchev–Trinajstić information content (AvgIpc) is 2.12. The third kappa shape index (κ3) is 5.07. The summed E-state index contributed by atoms with van der Waals surface area (Å²) in [6.07, 6.45) is 1.28. The Hall–Kier alpha value is 0.0500. The Morgan fingerprint density at radius 2 is 1.67 bits per heavy atom. The van der Waals surface area contributed by atoms with Crippen molar-refractivity contribution in [3.05, 3.63) is 0 Å². The van der Waals surface area contributed by atoms with E-state index in [0.29, 0.717) is 18.5 Å². The first-order valence-electron chi connectivity index (χ1n) is 4.92. The summed E-state index contributed by atoms with van der Waals surface area (Å²) in [4.78, 5) is 19.8. The second-order valence-electron chi connectivity index (χ2n) is 3.28. The zero-order valence-electron chi connectivity index (χ0n) is 9.34. The molecule has 0 heterocycles. The van der Waals surface area contributed by atoms with Crippen molar-refractivity contribution in [1.82, 2.24) is 0 Å². The van der Waals surface area contributed by atoms with E-state index in [1.165, 1.54) is 0 Å². The van der Waals surface area contributed by atoms with Crippen LogP contribution in [0.25, 0.3) is 0 Å². The number of carbonyl (C=O) groups is 1. The highest BCUT2D eigenvalue weighted by molar-refractivity contribution is 7.78. The van der Waals surface area contributed by atoms with Crippen molar-refractivity contribution in [1.29, 1.82) is 0 Å². The lowest BCUT2D eigenvalue weighted by molar-refractivity contribution is -0.134. The van der Waals surface area contributed by atoms with Crippen LogP contribution < -0.4 is 0 Å². The Balaban J connectivity index is 4.66. The van der Waals surface area contributed by atoms with E-state index < -0.39 is 27.2 Å².